The lowest BCUT2D eigenvalue weighted by molar-refractivity contribution is -0.142. The van der Waals surface area contributed by atoms with Crippen LogP contribution in [0.1, 0.15) is 61.3 Å². The number of nitrogens with one attached hydrogen (secondary N) is 1. The second-order valence-electron chi connectivity index (χ2n) is 6.14. The predicted molar refractivity (Wildman–Crippen MR) is 98.6 cm³/mol. The molecule has 0 aromatic rings. The molecule has 1 unspecified atom stereocenters. The molecule has 0 aromatic carbocycles. The van der Waals surface area contributed by atoms with Crippen LogP contribution in [-0.2, 0) is 19.0 Å². The van der Waals surface area contributed by atoms with Crippen molar-refractivity contribution in [1.29, 1.82) is 0 Å². The fraction of sp³-hybridized carbons (Fsp3) is 0.824. The molecule has 0 aromatic heterocycles. The molecular weight excluding hydrogens is 344 g/mol. The van der Waals surface area contributed by atoms with Crippen molar-refractivity contribution in [1.82, 2.24) is 5.32 Å². The van der Waals surface area contributed by atoms with Gasteiger partial charge in [-0.25, -0.2) is 9.59 Å². The van der Waals surface area contributed by atoms with Crippen molar-refractivity contribution in [2.75, 3.05) is 13.7 Å². The van der Waals surface area contributed by atoms with E-state index in [1.807, 2.05) is 13.8 Å². The molecule has 1 atom stereocenters. The average molecular weight is 380 g/mol. The van der Waals surface area contributed by atoms with Gasteiger partial charge in [0.2, 0.25) is 0 Å². The van der Waals surface area contributed by atoms with Crippen LogP contribution in [0.25, 0.3) is 0 Å². The predicted octanol–water partition coefficient (Wildman–Crippen LogP) is 2.34. The van der Waals surface area contributed by atoms with Gasteiger partial charge < -0.3 is 30.4 Å². The minimum atomic E-state index is -0.822. The topological polar surface area (TPSA) is 137 Å². The Morgan fingerprint density at radius 3 is 1.96 bits per heavy atom. The summed E-state index contributed by atoms with van der Waals surface area (Å²) in [6.07, 6.45) is -1.98. The average Bonchev–Trinajstić information content (AvgIpc) is 2.46. The van der Waals surface area contributed by atoms with Gasteiger partial charge in [-0.2, -0.15) is 0 Å². The number of esters is 1. The smallest absolute Gasteiger partial charge is 0.407 e. The van der Waals surface area contributed by atoms with Gasteiger partial charge in [-0.1, -0.05) is 13.8 Å². The fourth-order valence-electron chi connectivity index (χ4n) is 1.27. The maximum Gasteiger partial charge on any atom is 0.407 e. The summed E-state index contributed by atoms with van der Waals surface area (Å²) in [6.45, 7) is 13.0. The summed E-state index contributed by atoms with van der Waals surface area (Å²) in [4.78, 5) is 31.8. The third-order valence-corrected chi connectivity index (χ3v) is 2.13. The molecule has 0 aliphatic carbocycles. The van der Waals surface area contributed by atoms with Crippen LogP contribution in [0.2, 0.25) is 0 Å². The molecule has 0 saturated carbocycles. The van der Waals surface area contributed by atoms with Crippen LogP contribution in [0.4, 0.5) is 9.59 Å². The number of carbonyl (C=O) groups excluding carboxylic acids is 3. The quantitative estimate of drug-likeness (QED) is 0.475. The molecule has 0 heterocycles. The summed E-state index contributed by atoms with van der Waals surface area (Å²) in [6, 6.07) is 0. The summed E-state index contributed by atoms with van der Waals surface area (Å²) in [5, 5.41) is 11.9. The number of rotatable bonds is 6. The minimum absolute atomic E-state index is 0.0769. The number of alkyl carbamates (subject to hydrolysis) is 1. The van der Waals surface area contributed by atoms with Gasteiger partial charge in [-0.3, -0.25) is 4.79 Å². The zero-order valence-electron chi connectivity index (χ0n) is 17.3. The zero-order valence-corrected chi connectivity index (χ0v) is 17.3. The Labute approximate surface area is 156 Å². The van der Waals surface area contributed by atoms with Gasteiger partial charge in [0, 0.05) is 6.54 Å². The van der Waals surface area contributed by atoms with Crippen LogP contribution >= 0.6 is 0 Å². The summed E-state index contributed by atoms with van der Waals surface area (Å²) in [7, 11) is 1.26. The number of carbonyl (C=O) groups is 3. The molecular formula is C17H36N2O7. The lowest BCUT2D eigenvalue weighted by Crippen LogP contribution is -2.34. The second-order valence-corrected chi connectivity index (χ2v) is 6.14. The highest BCUT2D eigenvalue weighted by molar-refractivity contribution is 5.69. The standard InChI is InChI=1S/C11H21NO5.C4H9NO2.C2H6/c1-11(2,3)17-10(15)12-6-5-8(13)7-9(14)16-4;1-3(2)7-4(5)6;1-2/h8,13H,5-7H2,1-4H3,(H,12,15);3H,1-2H3,(H2,5,6);1-2H3. The normalized spacial score (nSPS) is 11.0. The molecule has 0 aliphatic rings. The summed E-state index contributed by atoms with van der Waals surface area (Å²) < 4.78 is 13.8. The van der Waals surface area contributed by atoms with Gasteiger partial charge in [0.1, 0.15) is 5.60 Å². The third-order valence-electron chi connectivity index (χ3n) is 2.13. The van der Waals surface area contributed by atoms with Crippen molar-refractivity contribution in [3.05, 3.63) is 0 Å². The van der Waals surface area contributed by atoms with E-state index in [-0.39, 0.29) is 25.5 Å². The molecule has 0 radical (unpaired) electrons. The molecule has 26 heavy (non-hydrogen) atoms. The number of aliphatic hydroxyl groups is 1. The Kier molecular flexibility index (Phi) is 18.2. The van der Waals surface area contributed by atoms with Crippen molar-refractivity contribution in [2.24, 2.45) is 5.73 Å². The first kappa shape index (κ1) is 28.8. The van der Waals surface area contributed by atoms with E-state index in [2.05, 4.69) is 20.5 Å². The number of ether oxygens (including phenoxy) is 3. The maximum atomic E-state index is 11.2. The van der Waals surface area contributed by atoms with Crippen molar-refractivity contribution >= 4 is 18.2 Å². The van der Waals surface area contributed by atoms with Crippen molar-refractivity contribution in [3.63, 3.8) is 0 Å². The van der Waals surface area contributed by atoms with Crippen LogP contribution in [0.15, 0.2) is 0 Å². The lowest BCUT2D eigenvalue weighted by atomic mass is 10.2. The highest BCUT2D eigenvalue weighted by Gasteiger charge is 2.16. The Hall–Kier alpha value is -2.03. The van der Waals surface area contributed by atoms with Gasteiger partial charge in [0.05, 0.1) is 25.7 Å². The monoisotopic (exact) mass is 380 g/mol. The summed E-state index contributed by atoms with van der Waals surface area (Å²) in [5.74, 6) is -0.477. The second kappa shape index (κ2) is 16.4. The molecule has 4 N–H and O–H groups in total. The highest BCUT2D eigenvalue weighted by Crippen LogP contribution is 2.06. The van der Waals surface area contributed by atoms with Crippen LogP contribution in [0.3, 0.4) is 0 Å². The van der Waals surface area contributed by atoms with Crippen LogP contribution in [0, 0.1) is 0 Å². The number of primary amides is 1. The van der Waals surface area contributed by atoms with E-state index in [1.54, 1.807) is 34.6 Å². The van der Waals surface area contributed by atoms with E-state index < -0.39 is 29.9 Å². The van der Waals surface area contributed by atoms with Gasteiger partial charge in [-0.05, 0) is 41.0 Å². The van der Waals surface area contributed by atoms with Crippen LogP contribution in [0.5, 0.6) is 0 Å². The van der Waals surface area contributed by atoms with Gasteiger partial charge in [0.15, 0.2) is 0 Å². The molecule has 9 nitrogen and oxygen atoms in total. The molecule has 9 heteroatoms. The molecule has 0 rings (SSSR count). The number of methoxy groups -OCH3 is 1. The van der Waals surface area contributed by atoms with Gasteiger partial charge in [0.25, 0.3) is 0 Å². The molecule has 156 valence electrons. The lowest BCUT2D eigenvalue weighted by Gasteiger charge is -2.20. The molecule has 0 saturated heterocycles. The Balaban J connectivity index is -0.000000491. The highest BCUT2D eigenvalue weighted by atomic mass is 16.6. The Bertz CT molecular complexity index is 393. The fourth-order valence-corrected chi connectivity index (χ4v) is 1.27. The first-order chi connectivity index (χ1) is 11.9. The number of aliphatic hydroxyl groups excluding tert-OH is 1. The molecule has 0 fully saturated rings. The van der Waals surface area contributed by atoms with Gasteiger partial charge in [-0.15, -0.1) is 0 Å². The van der Waals surface area contributed by atoms with E-state index in [9.17, 15) is 19.5 Å². The number of nitrogens with two attached hydrogens (primary N) is 1. The minimum Gasteiger partial charge on any atom is -0.469 e. The summed E-state index contributed by atoms with van der Waals surface area (Å²) in [5.41, 5.74) is 4.09. The van der Waals surface area contributed by atoms with E-state index in [0.29, 0.717) is 0 Å². The first-order valence-corrected chi connectivity index (χ1v) is 8.55. The Morgan fingerprint density at radius 1 is 1.15 bits per heavy atom. The Morgan fingerprint density at radius 2 is 1.65 bits per heavy atom. The SMILES string of the molecule is CC.CC(C)OC(N)=O.COC(=O)CC(O)CCNC(=O)OC(C)(C)C. The van der Waals surface area contributed by atoms with Crippen LogP contribution < -0.4 is 11.1 Å². The van der Waals surface area contributed by atoms with E-state index >= 15 is 0 Å². The molecule has 0 aliphatic heterocycles. The molecule has 0 spiro atoms. The number of hydrogen-bond donors (Lipinski definition) is 3. The van der Waals surface area contributed by atoms with Crippen LogP contribution in [-0.4, -0.2) is 54.7 Å². The largest absolute Gasteiger partial charge is 0.469 e. The van der Waals surface area contributed by atoms with E-state index in [4.69, 9.17) is 4.74 Å². The van der Waals surface area contributed by atoms with Crippen molar-refractivity contribution < 1.29 is 33.7 Å². The van der Waals surface area contributed by atoms with E-state index in [0.717, 1.165) is 0 Å². The first-order valence-electron chi connectivity index (χ1n) is 8.55. The zero-order chi connectivity index (χ0) is 21.3. The van der Waals surface area contributed by atoms with Crippen molar-refractivity contribution in [2.45, 2.75) is 79.1 Å². The molecule has 2 amide bonds. The van der Waals surface area contributed by atoms with Crippen molar-refractivity contribution in [3.8, 4) is 0 Å². The number of amides is 2. The summed E-state index contributed by atoms with van der Waals surface area (Å²) >= 11 is 0. The number of hydrogen-bond acceptors (Lipinski definition) is 7. The maximum absolute atomic E-state index is 11.2. The van der Waals surface area contributed by atoms with E-state index in [1.165, 1.54) is 7.11 Å². The third kappa shape index (κ3) is 26.8. The molecule has 0 bridgehead atoms. The van der Waals surface area contributed by atoms with Gasteiger partial charge >= 0.3 is 18.2 Å².